The van der Waals surface area contributed by atoms with E-state index in [1.165, 1.54) is 12.1 Å². The fourth-order valence-corrected chi connectivity index (χ4v) is 2.75. The molecule has 0 saturated heterocycles. The highest BCUT2D eigenvalue weighted by Crippen LogP contribution is 2.37. The van der Waals surface area contributed by atoms with Crippen molar-refractivity contribution in [1.29, 1.82) is 0 Å². The molecule has 0 fully saturated rings. The topological polar surface area (TPSA) is 87.9 Å². The van der Waals surface area contributed by atoms with Crippen molar-refractivity contribution in [2.45, 2.75) is 25.9 Å². The predicted molar refractivity (Wildman–Crippen MR) is 105 cm³/mol. The number of rotatable bonds is 10. The summed E-state index contributed by atoms with van der Waals surface area (Å²) in [4.78, 5) is 22.6. The van der Waals surface area contributed by atoms with E-state index in [0.717, 1.165) is 18.2 Å². The number of nitro benzene ring substituents is 1. The van der Waals surface area contributed by atoms with Gasteiger partial charge in [-0.15, -0.1) is 0 Å². The number of alkyl halides is 3. The third-order valence-corrected chi connectivity index (χ3v) is 4.27. The third kappa shape index (κ3) is 7.41. The molecule has 0 aliphatic heterocycles. The maximum Gasteiger partial charge on any atom is 0.416 e. The van der Waals surface area contributed by atoms with Gasteiger partial charge in [0.15, 0.2) is 0 Å². The van der Waals surface area contributed by atoms with Crippen LogP contribution in [0.2, 0.25) is 5.02 Å². The first kappa shape index (κ1) is 24.4. The highest BCUT2D eigenvalue weighted by molar-refractivity contribution is 6.32. The molecule has 0 heterocycles. The summed E-state index contributed by atoms with van der Waals surface area (Å²) in [5.41, 5.74) is -1.24. The van der Waals surface area contributed by atoms with Crippen LogP contribution in [0.15, 0.2) is 36.4 Å². The molecule has 2 aromatic carbocycles. The van der Waals surface area contributed by atoms with Gasteiger partial charge in [-0.2, -0.15) is 13.2 Å². The highest BCUT2D eigenvalue weighted by Gasteiger charge is 2.31. The Hall–Kier alpha value is -2.85. The van der Waals surface area contributed by atoms with E-state index in [4.69, 9.17) is 25.8 Å². The quantitative estimate of drug-likeness (QED) is 0.199. The Morgan fingerprint density at radius 2 is 1.90 bits per heavy atom. The minimum Gasteiger partial charge on any atom is -0.465 e. The van der Waals surface area contributed by atoms with E-state index in [-0.39, 0.29) is 40.8 Å². The second-order valence-corrected chi connectivity index (χ2v) is 6.65. The summed E-state index contributed by atoms with van der Waals surface area (Å²) in [6.45, 7) is 2.89. The largest absolute Gasteiger partial charge is 0.465 e. The number of benzene rings is 2. The lowest BCUT2D eigenvalue weighted by Crippen LogP contribution is -2.11. The molecule has 0 N–H and O–H groups in total. The molecule has 0 bridgehead atoms. The van der Waals surface area contributed by atoms with E-state index in [2.05, 4.69) is 0 Å². The molecule has 0 radical (unpaired) electrons. The molecule has 2 rings (SSSR count). The molecule has 0 spiro atoms. The van der Waals surface area contributed by atoms with Gasteiger partial charge in [0.2, 0.25) is 0 Å². The van der Waals surface area contributed by atoms with Crippen LogP contribution in [0, 0.1) is 10.1 Å². The van der Waals surface area contributed by atoms with Crippen LogP contribution in [-0.4, -0.2) is 30.7 Å². The van der Waals surface area contributed by atoms with Crippen LogP contribution in [0.3, 0.4) is 0 Å². The Morgan fingerprint density at radius 3 is 2.52 bits per heavy atom. The van der Waals surface area contributed by atoms with Gasteiger partial charge in [0.05, 0.1) is 28.5 Å². The minimum absolute atomic E-state index is 0.0281. The Balaban J connectivity index is 2.14. The van der Waals surface area contributed by atoms with Crippen molar-refractivity contribution in [1.82, 2.24) is 0 Å². The predicted octanol–water partition coefficient (Wildman–Crippen LogP) is 5.57. The van der Waals surface area contributed by atoms with Crippen LogP contribution >= 0.6 is 11.6 Å². The lowest BCUT2D eigenvalue weighted by molar-refractivity contribution is -0.385. The molecular weight excluding hydrogens is 443 g/mol. The van der Waals surface area contributed by atoms with Gasteiger partial charge >= 0.3 is 12.1 Å². The number of hydrogen-bond donors (Lipinski definition) is 0. The van der Waals surface area contributed by atoms with Crippen LogP contribution in [0.1, 0.15) is 24.5 Å². The molecule has 168 valence electrons. The van der Waals surface area contributed by atoms with Gasteiger partial charge in [0.25, 0.3) is 5.69 Å². The highest BCUT2D eigenvalue weighted by atomic mass is 35.5. The summed E-state index contributed by atoms with van der Waals surface area (Å²) in [6, 6.07) is 6.18. The fraction of sp³-hybridized carbons (Fsp3) is 0.350. The average molecular weight is 462 g/mol. The maximum absolute atomic E-state index is 12.8. The average Bonchev–Trinajstić information content (AvgIpc) is 2.68. The Bertz CT molecular complexity index is 936. The molecule has 0 aliphatic carbocycles. The van der Waals surface area contributed by atoms with Crippen LogP contribution in [-0.2, 0) is 26.9 Å². The van der Waals surface area contributed by atoms with Crippen molar-refractivity contribution in [2.24, 2.45) is 0 Å². The minimum atomic E-state index is -4.56. The second kappa shape index (κ2) is 11.0. The Labute approximate surface area is 180 Å². The lowest BCUT2D eigenvalue weighted by atomic mass is 10.1. The molecule has 31 heavy (non-hydrogen) atoms. The molecule has 0 amide bonds. The molecule has 7 nitrogen and oxygen atoms in total. The van der Waals surface area contributed by atoms with Crippen molar-refractivity contribution < 1.29 is 37.1 Å². The lowest BCUT2D eigenvalue weighted by Gasteiger charge is -2.12. The van der Waals surface area contributed by atoms with Gasteiger partial charge < -0.3 is 14.2 Å². The van der Waals surface area contributed by atoms with Crippen LogP contribution < -0.4 is 4.74 Å². The van der Waals surface area contributed by atoms with Crippen molar-refractivity contribution in [3.8, 4) is 11.5 Å². The summed E-state index contributed by atoms with van der Waals surface area (Å²) < 4.78 is 53.9. The van der Waals surface area contributed by atoms with Gasteiger partial charge in [0, 0.05) is 31.3 Å². The van der Waals surface area contributed by atoms with Gasteiger partial charge in [-0.1, -0.05) is 11.6 Å². The van der Waals surface area contributed by atoms with Gasteiger partial charge in [0.1, 0.15) is 11.5 Å². The van der Waals surface area contributed by atoms with Gasteiger partial charge in [-0.25, -0.2) is 0 Å². The van der Waals surface area contributed by atoms with E-state index in [9.17, 15) is 28.1 Å². The summed E-state index contributed by atoms with van der Waals surface area (Å²) in [5, 5.41) is 11.0. The summed E-state index contributed by atoms with van der Waals surface area (Å²) in [6.07, 6.45) is -4.47. The molecule has 0 unspecified atom stereocenters. The zero-order valence-electron chi connectivity index (χ0n) is 16.4. The van der Waals surface area contributed by atoms with Crippen molar-refractivity contribution >= 4 is 23.3 Å². The zero-order chi connectivity index (χ0) is 23.0. The molecule has 0 aliphatic rings. The summed E-state index contributed by atoms with van der Waals surface area (Å²) in [5.74, 6) is -0.691. The van der Waals surface area contributed by atoms with Crippen LogP contribution in [0.25, 0.3) is 0 Å². The normalized spacial score (nSPS) is 11.3. The molecule has 2 aromatic rings. The standard InChI is InChI=1S/C20H19ClF3NO6/c1-2-29-8-3-9-30-19(26)11-13-10-15(5-6-17(13)25(27)28)31-18-7-4-14(12-16(18)21)20(22,23)24/h4-7,10,12H,2-3,8-9,11H2,1H3. The third-order valence-electron chi connectivity index (χ3n) is 3.97. The summed E-state index contributed by atoms with van der Waals surface area (Å²) in [7, 11) is 0. The van der Waals surface area contributed by atoms with Gasteiger partial charge in [-0.05, 0) is 37.3 Å². The molecular formula is C20H19ClF3NO6. The van der Waals surface area contributed by atoms with E-state index < -0.39 is 22.6 Å². The van der Waals surface area contributed by atoms with Crippen LogP contribution in [0.4, 0.5) is 18.9 Å². The number of nitro groups is 1. The SMILES string of the molecule is CCOCCCOC(=O)Cc1cc(Oc2ccc(C(F)(F)F)cc2Cl)ccc1[N+](=O)[O-]. The number of carbonyl (C=O) groups excluding carboxylic acids is 1. The molecule has 0 aromatic heterocycles. The number of nitrogens with zero attached hydrogens (tertiary/aromatic N) is 1. The van der Waals surface area contributed by atoms with Crippen LogP contribution in [0.5, 0.6) is 11.5 Å². The van der Waals surface area contributed by atoms with E-state index >= 15 is 0 Å². The first-order chi connectivity index (χ1) is 14.6. The first-order valence-electron chi connectivity index (χ1n) is 9.17. The Morgan fingerprint density at radius 1 is 1.16 bits per heavy atom. The van der Waals surface area contributed by atoms with Crippen molar-refractivity contribution in [3.63, 3.8) is 0 Å². The van der Waals surface area contributed by atoms with Crippen molar-refractivity contribution in [2.75, 3.05) is 19.8 Å². The fourth-order valence-electron chi connectivity index (χ4n) is 2.53. The zero-order valence-corrected chi connectivity index (χ0v) is 17.2. The summed E-state index contributed by atoms with van der Waals surface area (Å²) >= 11 is 5.87. The number of ether oxygens (including phenoxy) is 3. The molecule has 0 atom stereocenters. The number of halogens is 4. The maximum atomic E-state index is 12.8. The molecule has 0 saturated carbocycles. The number of carbonyl (C=O) groups is 1. The van der Waals surface area contributed by atoms with Gasteiger partial charge in [-0.3, -0.25) is 14.9 Å². The van der Waals surface area contributed by atoms with E-state index in [1.807, 2.05) is 6.92 Å². The smallest absolute Gasteiger partial charge is 0.416 e. The number of esters is 1. The monoisotopic (exact) mass is 461 g/mol. The Kier molecular flexibility index (Phi) is 8.64. The molecule has 11 heteroatoms. The second-order valence-electron chi connectivity index (χ2n) is 6.24. The first-order valence-corrected chi connectivity index (χ1v) is 9.55. The van der Waals surface area contributed by atoms with E-state index in [1.54, 1.807) is 0 Å². The number of hydrogen-bond acceptors (Lipinski definition) is 6. The van der Waals surface area contributed by atoms with Crippen molar-refractivity contribution in [3.05, 3.63) is 62.7 Å². The van der Waals surface area contributed by atoms with E-state index in [0.29, 0.717) is 25.7 Å².